The summed E-state index contributed by atoms with van der Waals surface area (Å²) >= 11 is 3.03. The highest BCUT2D eigenvalue weighted by molar-refractivity contribution is 8.01. The number of nitrogens with two attached hydrogens (primary N) is 1. The second-order valence-electron chi connectivity index (χ2n) is 3.64. The summed E-state index contributed by atoms with van der Waals surface area (Å²) in [5.74, 6) is 0. The SMILES string of the molecule is Cc1nnc(Sc2ncnc3ccc(N)cc23)s1. The standard InChI is InChI=1S/C11H9N5S2/c1-6-15-16-11(17-6)18-10-8-4-7(12)2-3-9(8)13-5-14-10/h2-5H,12H2,1H3. The molecule has 7 heteroatoms. The lowest BCUT2D eigenvalue weighted by atomic mass is 10.2. The Hall–Kier alpha value is -1.73. The molecule has 0 saturated carbocycles. The van der Waals surface area contributed by atoms with Crippen molar-refractivity contribution in [1.82, 2.24) is 20.2 Å². The Labute approximate surface area is 111 Å². The first-order chi connectivity index (χ1) is 8.72. The summed E-state index contributed by atoms with van der Waals surface area (Å²) in [5, 5.41) is 10.8. The minimum atomic E-state index is 0.701. The zero-order chi connectivity index (χ0) is 12.5. The predicted octanol–water partition coefficient (Wildman–Crippen LogP) is 2.52. The Bertz CT molecular complexity index is 709. The zero-order valence-electron chi connectivity index (χ0n) is 9.49. The molecule has 0 bridgehead atoms. The number of nitrogen functional groups attached to an aromatic ring is 1. The van der Waals surface area contributed by atoms with Crippen LogP contribution in [0.4, 0.5) is 5.69 Å². The predicted molar refractivity (Wildman–Crippen MR) is 72.7 cm³/mol. The van der Waals surface area contributed by atoms with E-state index in [0.717, 1.165) is 25.3 Å². The molecule has 1 aromatic carbocycles. The van der Waals surface area contributed by atoms with Gasteiger partial charge in [0.15, 0.2) is 4.34 Å². The van der Waals surface area contributed by atoms with Crippen molar-refractivity contribution in [3.05, 3.63) is 29.5 Å². The molecule has 0 atom stereocenters. The number of hydrogen-bond donors (Lipinski definition) is 1. The van der Waals surface area contributed by atoms with Crippen LogP contribution in [0, 0.1) is 6.92 Å². The molecule has 0 aliphatic rings. The van der Waals surface area contributed by atoms with E-state index in [4.69, 9.17) is 5.73 Å². The molecule has 2 heterocycles. The number of benzene rings is 1. The van der Waals surface area contributed by atoms with E-state index in [9.17, 15) is 0 Å². The molecule has 0 radical (unpaired) electrons. The van der Waals surface area contributed by atoms with E-state index in [1.807, 2.05) is 25.1 Å². The van der Waals surface area contributed by atoms with Crippen LogP contribution < -0.4 is 5.73 Å². The minimum Gasteiger partial charge on any atom is -0.399 e. The smallest absolute Gasteiger partial charge is 0.180 e. The quantitative estimate of drug-likeness (QED) is 0.572. The minimum absolute atomic E-state index is 0.701. The van der Waals surface area contributed by atoms with Crippen molar-refractivity contribution in [2.75, 3.05) is 5.73 Å². The first kappa shape index (κ1) is 11.4. The van der Waals surface area contributed by atoms with Gasteiger partial charge in [-0.3, -0.25) is 0 Å². The number of aromatic nitrogens is 4. The molecule has 0 amide bonds. The van der Waals surface area contributed by atoms with Gasteiger partial charge in [0, 0.05) is 11.1 Å². The van der Waals surface area contributed by atoms with Gasteiger partial charge in [0.05, 0.1) is 5.52 Å². The highest BCUT2D eigenvalue weighted by Crippen LogP contribution is 2.33. The van der Waals surface area contributed by atoms with Gasteiger partial charge in [0.25, 0.3) is 0 Å². The van der Waals surface area contributed by atoms with Crippen LogP contribution in [-0.4, -0.2) is 20.2 Å². The van der Waals surface area contributed by atoms with Crippen LogP contribution >= 0.6 is 23.1 Å². The van der Waals surface area contributed by atoms with Crippen molar-refractivity contribution in [3.63, 3.8) is 0 Å². The van der Waals surface area contributed by atoms with E-state index in [-0.39, 0.29) is 0 Å². The Morgan fingerprint density at radius 2 is 2.11 bits per heavy atom. The van der Waals surface area contributed by atoms with Crippen LogP contribution in [0.15, 0.2) is 33.9 Å². The highest BCUT2D eigenvalue weighted by atomic mass is 32.2. The summed E-state index contributed by atoms with van der Waals surface area (Å²) in [4.78, 5) is 8.50. The molecule has 0 fully saturated rings. The second-order valence-corrected chi connectivity index (χ2v) is 6.06. The van der Waals surface area contributed by atoms with E-state index in [2.05, 4.69) is 20.2 Å². The Kier molecular flexibility index (Phi) is 2.85. The summed E-state index contributed by atoms with van der Waals surface area (Å²) in [5.41, 5.74) is 7.38. The first-order valence-corrected chi connectivity index (χ1v) is 6.84. The van der Waals surface area contributed by atoms with Gasteiger partial charge in [-0.15, -0.1) is 10.2 Å². The number of fused-ring (bicyclic) bond motifs is 1. The van der Waals surface area contributed by atoms with Gasteiger partial charge in [-0.1, -0.05) is 11.3 Å². The molecule has 5 nitrogen and oxygen atoms in total. The van der Waals surface area contributed by atoms with Crippen molar-refractivity contribution >= 4 is 39.7 Å². The molecule has 90 valence electrons. The molecule has 0 unspecified atom stereocenters. The number of rotatable bonds is 2. The monoisotopic (exact) mass is 275 g/mol. The van der Waals surface area contributed by atoms with Crippen LogP contribution in [-0.2, 0) is 0 Å². The van der Waals surface area contributed by atoms with Gasteiger partial charge in [0.2, 0.25) is 0 Å². The lowest BCUT2D eigenvalue weighted by Gasteiger charge is -2.03. The van der Waals surface area contributed by atoms with E-state index in [0.29, 0.717) is 5.69 Å². The summed E-state index contributed by atoms with van der Waals surface area (Å²) in [6.07, 6.45) is 1.55. The van der Waals surface area contributed by atoms with Crippen molar-refractivity contribution in [1.29, 1.82) is 0 Å². The van der Waals surface area contributed by atoms with E-state index in [1.54, 1.807) is 17.7 Å². The van der Waals surface area contributed by atoms with Gasteiger partial charge >= 0.3 is 0 Å². The lowest BCUT2D eigenvalue weighted by Crippen LogP contribution is -1.89. The third-order valence-corrected chi connectivity index (χ3v) is 4.22. The Morgan fingerprint density at radius 1 is 1.22 bits per heavy atom. The maximum absolute atomic E-state index is 5.80. The third-order valence-electron chi connectivity index (χ3n) is 2.31. The number of nitrogens with zero attached hydrogens (tertiary/aromatic N) is 4. The average Bonchev–Trinajstić information content (AvgIpc) is 2.76. The molecular formula is C11H9N5S2. The second kappa shape index (κ2) is 4.51. The van der Waals surface area contributed by atoms with Crippen LogP contribution in [0.1, 0.15) is 5.01 Å². The van der Waals surface area contributed by atoms with Crippen LogP contribution in [0.5, 0.6) is 0 Å². The maximum Gasteiger partial charge on any atom is 0.180 e. The highest BCUT2D eigenvalue weighted by Gasteiger charge is 2.09. The molecule has 0 spiro atoms. The number of hydrogen-bond acceptors (Lipinski definition) is 7. The molecular weight excluding hydrogens is 266 g/mol. The van der Waals surface area contributed by atoms with Gasteiger partial charge in [-0.05, 0) is 36.9 Å². The van der Waals surface area contributed by atoms with E-state index in [1.165, 1.54) is 11.8 Å². The van der Waals surface area contributed by atoms with Crippen molar-refractivity contribution in [2.45, 2.75) is 16.3 Å². The Morgan fingerprint density at radius 3 is 2.89 bits per heavy atom. The molecule has 0 saturated heterocycles. The van der Waals surface area contributed by atoms with Gasteiger partial charge < -0.3 is 5.73 Å². The van der Waals surface area contributed by atoms with Crippen LogP contribution in [0.25, 0.3) is 10.9 Å². The van der Waals surface area contributed by atoms with Gasteiger partial charge in [-0.25, -0.2) is 9.97 Å². The van der Waals surface area contributed by atoms with Gasteiger partial charge in [-0.2, -0.15) is 0 Å². The summed E-state index contributed by atoms with van der Waals surface area (Å²) in [6.45, 7) is 1.93. The summed E-state index contributed by atoms with van der Waals surface area (Å²) < 4.78 is 0.870. The third kappa shape index (κ3) is 2.14. The fourth-order valence-corrected chi connectivity index (χ4v) is 3.34. The summed E-state index contributed by atoms with van der Waals surface area (Å²) in [7, 11) is 0. The van der Waals surface area contributed by atoms with E-state index < -0.39 is 0 Å². The largest absolute Gasteiger partial charge is 0.399 e. The van der Waals surface area contributed by atoms with Crippen molar-refractivity contribution in [3.8, 4) is 0 Å². The van der Waals surface area contributed by atoms with Crippen LogP contribution in [0.3, 0.4) is 0 Å². The molecule has 2 aromatic heterocycles. The number of aryl methyl sites for hydroxylation is 1. The molecule has 2 N–H and O–H groups in total. The van der Waals surface area contributed by atoms with Crippen molar-refractivity contribution in [2.24, 2.45) is 0 Å². The molecule has 0 aliphatic heterocycles. The Balaban J connectivity index is 2.08. The number of anilines is 1. The zero-order valence-corrected chi connectivity index (χ0v) is 11.1. The lowest BCUT2D eigenvalue weighted by molar-refractivity contribution is 0.980. The molecule has 3 aromatic rings. The van der Waals surface area contributed by atoms with E-state index >= 15 is 0 Å². The maximum atomic E-state index is 5.80. The average molecular weight is 275 g/mol. The summed E-state index contributed by atoms with van der Waals surface area (Å²) in [6, 6.07) is 5.60. The molecule has 18 heavy (non-hydrogen) atoms. The van der Waals surface area contributed by atoms with Crippen LogP contribution in [0.2, 0.25) is 0 Å². The topological polar surface area (TPSA) is 77.6 Å². The molecule has 0 aliphatic carbocycles. The first-order valence-electron chi connectivity index (χ1n) is 5.20. The fourth-order valence-electron chi connectivity index (χ4n) is 1.53. The normalized spacial score (nSPS) is 10.9. The fraction of sp³-hybridized carbons (Fsp3) is 0.0909. The van der Waals surface area contributed by atoms with Gasteiger partial charge in [0.1, 0.15) is 16.4 Å². The van der Waals surface area contributed by atoms with Crippen molar-refractivity contribution < 1.29 is 0 Å². The molecule has 3 rings (SSSR count).